The van der Waals surface area contributed by atoms with Crippen LogP contribution in [0.2, 0.25) is 0 Å². The van der Waals surface area contributed by atoms with E-state index in [2.05, 4.69) is 51.4 Å². The minimum absolute atomic E-state index is 0. The van der Waals surface area contributed by atoms with Crippen LogP contribution in [0, 0.1) is 0 Å². The number of carboxylic acids is 1. The number of nitrogen functional groups attached to an aromatic ring is 2. The number of carbonyl (C=O) groups is 4. The van der Waals surface area contributed by atoms with Gasteiger partial charge in [0.2, 0.25) is 27.1 Å². The molecule has 3 atom stereocenters. The molecular formula is C45H60N14O6S7. The second-order valence-electron chi connectivity index (χ2n) is 15.9. The van der Waals surface area contributed by atoms with Crippen molar-refractivity contribution < 1.29 is 29.0 Å². The molecule has 0 aliphatic rings. The molecule has 388 valence electrons. The third-order valence-corrected chi connectivity index (χ3v) is 12.8. The number of carboxylic acid groups (broad SMARTS) is 1. The molecule has 4 heterocycles. The van der Waals surface area contributed by atoms with Gasteiger partial charge in [-0.05, 0) is 63.1 Å². The average molecular weight is 1120 g/mol. The maximum absolute atomic E-state index is 12.6. The van der Waals surface area contributed by atoms with Gasteiger partial charge in [-0.1, -0.05) is 136 Å². The van der Waals surface area contributed by atoms with Gasteiger partial charge < -0.3 is 38.1 Å². The highest BCUT2D eigenvalue weighted by Gasteiger charge is 2.25. The number of carbonyl (C=O) groups excluding carboxylic acids is 3. The third-order valence-electron chi connectivity index (χ3n) is 9.33. The van der Waals surface area contributed by atoms with E-state index in [1.807, 2.05) is 60.7 Å². The number of nitrogens with one attached hydrogen (secondary N) is 2. The number of benzene rings is 3. The first kappa shape index (κ1) is 62.5. The second-order valence-corrected chi connectivity index (χ2v) is 20.3. The summed E-state index contributed by atoms with van der Waals surface area (Å²) in [5.41, 5.74) is 24.4. The minimum atomic E-state index is -1.13. The Bertz CT molecular complexity index is 2650. The first-order chi connectivity index (χ1) is 33.0. The first-order valence-corrected chi connectivity index (χ1v) is 24.8. The molecule has 0 spiro atoms. The van der Waals surface area contributed by atoms with E-state index in [4.69, 9.17) is 32.8 Å². The van der Waals surface area contributed by atoms with Crippen LogP contribution in [0.5, 0.6) is 0 Å². The van der Waals surface area contributed by atoms with Crippen molar-refractivity contribution in [1.82, 2.24) is 46.1 Å². The first-order valence-electron chi connectivity index (χ1n) is 21.6. The number of Topliss-reactive ketones (excluding diaryl/α,β-unsaturated/α-hetero) is 1. The van der Waals surface area contributed by atoms with E-state index in [1.54, 1.807) is 51.1 Å². The van der Waals surface area contributed by atoms with Crippen molar-refractivity contribution in [3.8, 4) is 0 Å². The van der Waals surface area contributed by atoms with E-state index in [0.717, 1.165) is 76.1 Å². The van der Waals surface area contributed by atoms with Crippen LogP contribution in [0.15, 0.2) is 91.0 Å². The van der Waals surface area contributed by atoms with Crippen LogP contribution in [0.3, 0.4) is 0 Å². The van der Waals surface area contributed by atoms with Crippen LogP contribution in [-0.4, -0.2) is 75.3 Å². The van der Waals surface area contributed by atoms with Crippen LogP contribution >= 0.6 is 85.8 Å². The van der Waals surface area contributed by atoms with Crippen LogP contribution in [0.25, 0.3) is 0 Å². The fourth-order valence-electron chi connectivity index (χ4n) is 6.00. The third kappa shape index (κ3) is 21.6. The number of aliphatic carboxylic acids is 1. The van der Waals surface area contributed by atoms with Gasteiger partial charge >= 0.3 is 12.1 Å². The van der Waals surface area contributed by atoms with E-state index in [0.29, 0.717) is 32.4 Å². The quantitative estimate of drug-likeness (QED) is 0.0309. The zero-order chi connectivity index (χ0) is 49.8. The lowest BCUT2D eigenvalue weighted by atomic mass is 10.0. The molecule has 0 bridgehead atoms. The summed E-state index contributed by atoms with van der Waals surface area (Å²) in [6.07, 6.45) is 6.33. The van der Waals surface area contributed by atoms with Gasteiger partial charge in [0.05, 0.1) is 6.04 Å². The second kappa shape index (κ2) is 31.7. The summed E-state index contributed by atoms with van der Waals surface area (Å²) in [7, 11) is 0. The van der Waals surface area contributed by atoms with Gasteiger partial charge in [-0.2, -0.15) is 40.5 Å². The smallest absolute Gasteiger partial charge is 0.408 e. The lowest BCUT2D eigenvalue weighted by Crippen LogP contribution is -2.38. The van der Waals surface area contributed by atoms with Gasteiger partial charge in [0.1, 0.15) is 31.7 Å². The average Bonchev–Trinajstić information content (AvgIpc) is 4.18. The normalized spacial score (nSPS) is 11.7. The van der Waals surface area contributed by atoms with Gasteiger partial charge in [-0.15, -0.1) is 40.8 Å². The molecule has 11 N–H and O–H groups in total. The number of rotatable bonds is 19. The van der Waals surface area contributed by atoms with Gasteiger partial charge in [-0.3, -0.25) is 14.9 Å². The monoisotopic (exact) mass is 1120 g/mol. The van der Waals surface area contributed by atoms with Crippen molar-refractivity contribution in [1.29, 1.82) is 0 Å². The SMILES string of the molecule is CC(C)(C)OC(=O)N[C@H](C(=O)O)c1ccccc1.N[C@H](C(=O)Nc1nnc(CCCCc2nnc(C(=O)[C@@H](N)c3ccccc3)s2)s1)c1ccccc1.Nc1nnc(CCCCc2nnc(N)s2)s1.S.S.S. The Balaban J connectivity index is 0.000000405. The number of amides is 2. The maximum Gasteiger partial charge on any atom is 0.408 e. The predicted octanol–water partition coefficient (Wildman–Crippen LogP) is 7.27. The zero-order valence-electron chi connectivity index (χ0n) is 39.6. The number of ketones is 1. The Morgan fingerprint density at radius 2 is 0.972 bits per heavy atom. The molecule has 2 amide bonds. The van der Waals surface area contributed by atoms with Crippen LogP contribution in [-0.2, 0) is 40.0 Å². The van der Waals surface area contributed by atoms with Crippen LogP contribution in [0.4, 0.5) is 20.2 Å². The molecule has 20 nitrogen and oxygen atoms in total. The number of nitrogens with two attached hydrogens (primary N) is 4. The number of ether oxygens (including phenoxy) is 1. The Kier molecular flexibility index (Phi) is 27.5. The lowest BCUT2D eigenvalue weighted by Gasteiger charge is -2.22. The summed E-state index contributed by atoms with van der Waals surface area (Å²) in [6, 6.07) is 24.2. The number of alkyl carbamates (subject to hydrolysis) is 1. The van der Waals surface area contributed by atoms with Crippen molar-refractivity contribution in [2.75, 3.05) is 16.8 Å². The number of anilines is 3. The molecular weight excluding hydrogens is 1060 g/mol. The number of nitrogens with zero attached hydrogens (tertiary/aromatic N) is 8. The van der Waals surface area contributed by atoms with Gasteiger partial charge in [0.15, 0.2) is 11.0 Å². The fraction of sp³-hybridized carbons (Fsp3) is 0.333. The van der Waals surface area contributed by atoms with E-state index in [1.165, 1.54) is 45.3 Å². The Morgan fingerprint density at radius 1 is 0.569 bits per heavy atom. The number of hydrogen-bond donors (Lipinski definition) is 7. The van der Waals surface area contributed by atoms with Gasteiger partial charge in [0, 0.05) is 25.7 Å². The summed E-state index contributed by atoms with van der Waals surface area (Å²) in [6.45, 7) is 5.14. The number of aryl methyl sites for hydroxylation is 4. The highest BCUT2D eigenvalue weighted by molar-refractivity contribution is 7.59. The standard InChI is InChI=1S/C24H25N7O2S2.C13H17NO4.C8H12N6S2.3H2S/c25-19(15-9-3-1-4-10-15)21(32)23-30-28-17(34-23)13-7-8-14-18-29-31-24(35-18)27-22(33)20(26)16-11-5-2-6-12-16;1-13(2,3)18-12(17)14-10(11(15)16)9-7-5-4-6-8-9;9-7-13-11-5(15-7)3-1-2-4-6-12-14-8(10)16-6;;;/h1-6,9-12,19-20H,7-8,13-14,25-26H2,(H,27,31,33);4-8,10H,1-3H3,(H,14,17)(H,15,16);1-4H2,(H2,9,13)(H2,10,14);3*1H2/t19-,20-;10-;;;;/m00..../s1. The van der Waals surface area contributed by atoms with Crippen molar-refractivity contribution in [3.05, 3.63) is 133 Å². The molecule has 4 aromatic heterocycles. The van der Waals surface area contributed by atoms with Crippen molar-refractivity contribution in [2.24, 2.45) is 11.5 Å². The molecule has 72 heavy (non-hydrogen) atoms. The molecule has 0 unspecified atom stereocenters. The topological polar surface area (TPSA) is 329 Å². The molecule has 27 heteroatoms. The molecule has 0 aliphatic carbocycles. The zero-order valence-corrected chi connectivity index (χ0v) is 45.8. The molecule has 7 aromatic rings. The lowest BCUT2D eigenvalue weighted by molar-refractivity contribution is -0.139. The molecule has 3 aromatic carbocycles. The summed E-state index contributed by atoms with van der Waals surface area (Å²) < 4.78 is 5.03. The largest absolute Gasteiger partial charge is 0.479 e. The van der Waals surface area contributed by atoms with E-state index in [-0.39, 0.29) is 52.2 Å². The van der Waals surface area contributed by atoms with Gasteiger partial charge in [-0.25, -0.2) is 9.59 Å². The number of aromatic nitrogens is 8. The van der Waals surface area contributed by atoms with Crippen molar-refractivity contribution in [3.63, 3.8) is 0 Å². The summed E-state index contributed by atoms with van der Waals surface area (Å²) in [5.74, 6) is -1.69. The summed E-state index contributed by atoms with van der Waals surface area (Å²) >= 11 is 5.52. The van der Waals surface area contributed by atoms with Crippen molar-refractivity contribution >= 4 is 125 Å². The van der Waals surface area contributed by atoms with Crippen molar-refractivity contribution in [2.45, 2.75) is 95.9 Å². The highest BCUT2D eigenvalue weighted by Crippen LogP contribution is 2.23. The summed E-state index contributed by atoms with van der Waals surface area (Å²) in [4.78, 5) is 47.7. The predicted molar refractivity (Wildman–Crippen MR) is 299 cm³/mol. The molecule has 0 aliphatic heterocycles. The minimum Gasteiger partial charge on any atom is -0.479 e. The van der Waals surface area contributed by atoms with E-state index < -0.39 is 35.8 Å². The highest BCUT2D eigenvalue weighted by atomic mass is 32.1. The Labute approximate surface area is 454 Å². The van der Waals surface area contributed by atoms with E-state index >= 15 is 0 Å². The molecule has 0 radical (unpaired) electrons. The maximum atomic E-state index is 12.6. The summed E-state index contributed by atoms with van der Waals surface area (Å²) in [5, 5.41) is 51.4. The molecule has 0 fully saturated rings. The number of hydrogen-bond acceptors (Lipinski definition) is 21. The molecule has 0 saturated heterocycles. The Morgan fingerprint density at radius 3 is 1.40 bits per heavy atom. The fourth-order valence-corrected chi connectivity index (χ4v) is 8.94. The van der Waals surface area contributed by atoms with E-state index in [9.17, 15) is 19.2 Å². The van der Waals surface area contributed by atoms with Crippen LogP contribution in [0.1, 0.15) is 111 Å². The molecule has 0 saturated carbocycles. The van der Waals surface area contributed by atoms with Gasteiger partial charge in [0.25, 0.3) is 0 Å². The number of unbranched alkanes of at least 4 members (excludes halogenated alkanes) is 2. The Hall–Kier alpha value is -5.65. The molecule has 7 rings (SSSR count). The van der Waals surface area contributed by atoms with Crippen LogP contribution < -0.4 is 33.6 Å².